The molecule has 10 heteroatoms. The van der Waals surface area contributed by atoms with Gasteiger partial charge in [-0.05, 0) is 6.54 Å². The number of likely N-dealkylation sites (N-methyl/N-ethyl adjacent to an activating group) is 1. The Bertz CT molecular complexity index is 513. The Morgan fingerprint density at radius 3 is 2.65 bits per heavy atom. The number of aromatic nitrogens is 2. The summed E-state index contributed by atoms with van der Waals surface area (Å²) >= 11 is 0. The monoisotopic (exact) mass is 314 g/mol. The lowest BCUT2D eigenvalue weighted by Gasteiger charge is -2.07. The molecular formula is C10H17F3N4O2S. The minimum Gasteiger partial charge on any atom is -0.315 e. The van der Waals surface area contributed by atoms with Crippen LogP contribution in [0.3, 0.4) is 0 Å². The van der Waals surface area contributed by atoms with E-state index in [9.17, 15) is 21.6 Å². The van der Waals surface area contributed by atoms with E-state index in [-0.39, 0.29) is 4.90 Å². The second-order valence-electron chi connectivity index (χ2n) is 4.06. The zero-order valence-corrected chi connectivity index (χ0v) is 11.8. The van der Waals surface area contributed by atoms with Crippen molar-refractivity contribution in [1.82, 2.24) is 19.8 Å². The first kappa shape index (κ1) is 16.9. The van der Waals surface area contributed by atoms with Crippen LogP contribution in [-0.2, 0) is 16.6 Å². The number of nitrogens with one attached hydrogen (secondary N) is 2. The third kappa shape index (κ3) is 5.88. The van der Waals surface area contributed by atoms with Gasteiger partial charge in [-0.25, -0.2) is 13.1 Å². The molecule has 20 heavy (non-hydrogen) atoms. The highest BCUT2D eigenvalue weighted by Crippen LogP contribution is 2.18. The number of halogens is 3. The molecule has 0 aromatic carbocycles. The van der Waals surface area contributed by atoms with Crippen molar-refractivity contribution in [2.24, 2.45) is 0 Å². The van der Waals surface area contributed by atoms with E-state index in [1.807, 2.05) is 11.6 Å². The Hall–Kier alpha value is -1.13. The molecule has 0 saturated carbocycles. The topological polar surface area (TPSA) is 76.0 Å². The molecule has 0 amide bonds. The lowest BCUT2D eigenvalue weighted by Crippen LogP contribution is -2.27. The highest BCUT2D eigenvalue weighted by molar-refractivity contribution is 7.89. The normalized spacial score (nSPS) is 12.8. The van der Waals surface area contributed by atoms with E-state index >= 15 is 0 Å². The number of alkyl halides is 3. The fourth-order valence-electron chi connectivity index (χ4n) is 1.39. The van der Waals surface area contributed by atoms with Crippen LogP contribution in [0.1, 0.15) is 13.3 Å². The van der Waals surface area contributed by atoms with E-state index < -0.39 is 29.2 Å². The summed E-state index contributed by atoms with van der Waals surface area (Å²) in [6.07, 6.45) is -3.20. The Labute approximate surface area is 115 Å². The van der Waals surface area contributed by atoms with Gasteiger partial charge in [0.15, 0.2) is 0 Å². The van der Waals surface area contributed by atoms with Crippen LogP contribution in [0.5, 0.6) is 0 Å². The lowest BCUT2D eigenvalue weighted by atomic mass is 10.4. The molecule has 0 aliphatic heterocycles. The molecule has 6 nitrogen and oxygen atoms in total. The molecule has 116 valence electrons. The molecule has 0 aliphatic carbocycles. The maximum absolute atomic E-state index is 12.0. The van der Waals surface area contributed by atoms with Crippen molar-refractivity contribution in [3.05, 3.63) is 12.4 Å². The maximum atomic E-state index is 12.0. The SMILES string of the molecule is CCNCCn1cc(S(=O)(=O)NCCC(F)(F)F)cn1. The fourth-order valence-corrected chi connectivity index (χ4v) is 2.37. The third-order valence-electron chi connectivity index (χ3n) is 2.39. The number of nitrogens with zero attached hydrogens (tertiary/aromatic N) is 2. The van der Waals surface area contributed by atoms with Crippen LogP contribution in [-0.4, -0.2) is 44.0 Å². The maximum Gasteiger partial charge on any atom is 0.390 e. The summed E-state index contributed by atoms with van der Waals surface area (Å²) in [5.41, 5.74) is 0. The predicted molar refractivity (Wildman–Crippen MR) is 66.6 cm³/mol. The zero-order valence-electron chi connectivity index (χ0n) is 10.9. The molecule has 2 N–H and O–H groups in total. The van der Waals surface area contributed by atoms with Crippen LogP contribution in [0.2, 0.25) is 0 Å². The highest BCUT2D eigenvalue weighted by atomic mass is 32.2. The van der Waals surface area contributed by atoms with E-state index in [0.717, 1.165) is 12.7 Å². The van der Waals surface area contributed by atoms with Crippen LogP contribution in [0.25, 0.3) is 0 Å². The molecule has 1 rings (SSSR count). The van der Waals surface area contributed by atoms with Crippen LogP contribution in [0, 0.1) is 0 Å². The fraction of sp³-hybridized carbons (Fsp3) is 0.700. The summed E-state index contributed by atoms with van der Waals surface area (Å²) in [5.74, 6) is 0. The summed E-state index contributed by atoms with van der Waals surface area (Å²) in [5, 5.41) is 6.89. The molecule has 0 radical (unpaired) electrons. The van der Waals surface area contributed by atoms with Crippen molar-refractivity contribution in [3.63, 3.8) is 0 Å². The van der Waals surface area contributed by atoms with Gasteiger partial charge in [0.2, 0.25) is 10.0 Å². The van der Waals surface area contributed by atoms with Gasteiger partial charge in [-0.15, -0.1) is 0 Å². The Morgan fingerprint density at radius 1 is 1.35 bits per heavy atom. The van der Waals surface area contributed by atoms with Crippen molar-refractivity contribution in [2.45, 2.75) is 31.0 Å². The van der Waals surface area contributed by atoms with Crippen LogP contribution >= 0.6 is 0 Å². The Kier molecular flexibility index (Phi) is 5.96. The average molecular weight is 314 g/mol. The largest absolute Gasteiger partial charge is 0.390 e. The van der Waals surface area contributed by atoms with Crippen molar-refractivity contribution >= 4 is 10.0 Å². The minimum atomic E-state index is -4.39. The average Bonchev–Trinajstić information content (AvgIpc) is 2.77. The van der Waals surface area contributed by atoms with Gasteiger partial charge in [0.25, 0.3) is 0 Å². The number of hydrogen-bond donors (Lipinski definition) is 2. The molecule has 0 aliphatic rings. The van der Waals surface area contributed by atoms with Crippen molar-refractivity contribution in [2.75, 3.05) is 19.6 Å². The van der Waals surface area contributed by atoms with Crippen molar-refractivity contribution in [3.8, 4) is 0 Å². The van der Waals surface area contributed by atoms with Crippen LogP contribution < -0.4 is 10.0 Å². The van der Waals surface area contributed by atoms with E-state index in [1.54, 1.807) is 0 Å². The summed E-state index contributed by atoms with van der Waals surface area (Å²) in [6.45, 7) is 3.13. The molecule has 0 spiro atoms. The summed E-state index contributed by atoms with van der Waals surface area (Å²) in [7, 11) is -3.95. The molecule has 1 aromatic rings. The van der Waals surface area contributed by atoms with E-state index in [2.05, 4.69) is 10.4 Å². The molecule has 0 fully saturated rings. The Morgan fingerprint density at radius 2 is 2.05 bits per heavy atom. The third-order valence-corrected chi connectivity index (χ3v) is 3.80. The van der Waals surface area contributed by atoms with Crippen molar-refractivity contribution in [1.29, 1.82) is 0 Å². The highest BCUT2D eigenvalue weighted by Gasteiger charge is 2.27. The van der Waals surface area contributed by atoms with Gasteiger partial charge in [-0.1, -0.05) is 6.92 Å². The number of sulfonamides is 1. The zero-order chi connectivity index (χ0) is 15.2. The smallest absolute Gasteiger partial charge is 0.315 e. The molecular weight excluding hydrogens is 297 g/mol. The standard InChI is InChI=1S/C10H17F3N4O2S/c1-2-14-5-6-17-8-9(7-15-17)20(18,19)16-4-3-10(11,12)13/h7-8,14,16H,2-6H2,1H3. The number of rotatable bonds is 8. The minimum absolute atomic E-state index is 0.142. The summed E-state index contributed by atoms with van der Waals surface area (Å²) in [6, 6.07) is 0. The van der Waals surface area contributed by atoms with E-state index in [0.29, 0.717) is 13.1 Å². The predicted octanol–water partition coefficient (Wildman–Crippen LogP) is 0.723. The molecule has 0 atom stereocenters. The van der Waals surface area contributed by atoms with Gasteiger partial charge in [0.05, 0.1) is 19.2 Å². The summed E-state index contributed by atoms with van der Waals surface area (Å²) in [4.78, 5) is -0.142. The Balaban J connectivity index is 2.55. The first-order chi connectivity index (χ1) is 9.24. The molecule has 0 bridgehead atoms. The second kappa shape index (κ2) is 7.04. The molecule has 1 aromatic heterocycles. The molecule has 0 saturated heterocycles. The van der Waals surface area contributed by atoms with Gasteiger partial charge in [0, 0.05) is 19.3 Å². The van der Waals surface area contributed by atoms with Gasteiger partial charge in [-0.2, -0.15) is 18.3 Å². The second-order valence-corrected chi connectivity index (χ2v) is 5.82. The molecule has 0 unspecified atom stereocenters. The first-order valence-electron chi connectivity index (χ1n) is 6.04. The van der Waals surface area contributed by atoms with Crippen LogP contribution in [0.15, 0.2) is 17.3 Å². The first-order valence-corrected chi connectivity index (χ1v) is 7.52. The van der Waals surface area contributed by atoms with Crippen molar-refractivity contribution < 1.29 is 21.6 Å². The lowest BCUT2D eigenvalue weighted by molar-refractivity contribution is -0.132. The van der Waals surface area contributed by atoms with Crippen LogP contribution in [0.4, 0.5) is 13.2 Å². The number of hydrogen-bond acceptors (Lipinski definition) is 4. The van der Waals surface area contributed by atoms with Gasteiger partial charge in [-0.3, -0.25) is 4.68 Å². The van der Waals surface area contributed by atoms with Gasteiger partial charge < -0.3 is 5.32 Å². The van der Waals surface area contributed by atoms with Gasteiger partial charge >= 0.3 is 6.18 Å². The van der Waals surface area contributed by atoms with E-state index in [1.165, 1.54) is 10.9 Å². The quantitative estimate of drug-likeness (QED) is 0.694. The van der Waals surface area contributed by atoms with Gasteiger partial charge in [0.1, 0.15) is 4.90 Å². The summed E-state index contributed by atoms with van der Waals surface area (Å²) < 4.78 is 62.6. The van der Waals surface area contributed by atoms with E-state index in [4.69, 9.17) is 0 Å². The molecule has 1 heterocycles.